The van der Waals surface area contributed by atoms with Gasteiger partial charge in [0.05, 0.1) is 17.1 Å². The molecule has 3 aliphatic carbocycles. The highest BCUT2D eigenvalue weighted by atomic mass is 15.2. The summed E-state index contributed by atoms with van der Waals surface area (Å²) >= 11 is 0. The van der Waals surface area contributed by atoms with E-state index >= 15 is 0 Å². The Bertz CT molecular complexity index is 3610. The molecule has 0 amide bonds. The fraction of sp³-hybridized carbons (Fsp3) is 0.343. The molecule has 0 saturated carbocycles. The van der Waals surface area contributed by atoms with Crippen molar-refractivity contribution in [2.45, 2.75) is 150 Å². The lowest BCUT2D eigenvalue weighted by atomic mass is 9.77. The second-order valence-corrected chi connectivity index (χ2v) is 27.2. The third-order valence-electron chi connectivity index (χ3n) is 17.6. The molecule has 0 bridgehead atoms. The highest BCUT2D eigenvalue weighted by molar-refractivity contribution is 6.10. The van der Waals surface area contributed by atoms with Gasteiger partial charge in [0.15, 0.2) is 0 Å². The predicted molar refractivity (Wildman–Crippen MR) is 309 cm³/mol. The van der Waals surface area contributed by atoms with Crippen molar-refractivity contribution in [3.05, 3.63) is 196 Å². The molecule has 2 unspecified atom stereocenters. The third kappa shape index (κ3) is 6.94. The maximum absolute atomic E-state index is 2.63. The predicted octanol–water partition coefficient (Wildman–Crippen LogP) is 19.1. The van der Waals surface area contributed by atoms with Crippen LogP contribution in [0.4, 0.5) is 11.4 Å². The lowest BCUT2D eigenvalue weighted by Crippen LogP contribution is -2.30. The van der Waals surface area contributed by atoms with Crippen molar-refractivity contribution in [3.8, 4) is 39.1 Å². The van der Waals surface area contributed by atoms with E-state index in [4.69, 9.17) is 0 Å². The summed E-state index contributed by atoms with van der Waals surface area (Å²) in [4.78, 5) is 2.63. The fourth-order valence-corrected chi connectivity index (χ4v) is 13.0. The summed E-state index contributed by atoms with van der Waals surface area (Å²) in [5.74, 6) is 0.305. The second kappa shape index (κ2) is 15.1. The van der Waals surface area contributed by atoms with Gasteiger partial charge in [0, 0.05) is 44.6 Å². The Morgan fingerprint density at radius 3 is 1.33 bits per heavy atom. The minimum Gasteiger partial charge on any atom is -0.333 e. The summed E-state index contributed by atoms with van der Waals surface area (Å²) in [5.41, 5.74) is 26.8. The molecule has 0 N–H and O–H groups in total. The normalized spacial score (nSPS) is 18.5. The van der Waals surface area contributed by atoms with Gasteiger partial charge in [-0.2, -0.15) is 0 Å². The Morgan fingerprint density at radius 2 is 0.847 bits per heavy atom. The van der Waals surface area contributed by atoms with Crippen LogP contribution in [0, 0.1) is 5.41 Å². The molecule has 8 aromatic rings. The lowest BCUT2D eigenvalue weighted by Gasteiger charge is -2.33. The van der Waals surface area contributed by atoms with Crippen LogP contribution in [0.3, 0.4) is 0 Å². The number of hydrogen-bond donors (Lipinski definition) is 0. The number of benzene rings is 7. The van der Waals surface area contributed by atoms with Crippen molar-refractivity contribution < 1.29 is 0 Å². The molecule has 2 nitrogen and oxygen atoms in total. The van der Waals surface area contributed by atoms with Crippen molar-refractivity contribution in [2.75, 3.05) is 4.90 Å². The molecular weight excluding hydrogens is 869 g/mol. The van der Waals surface area contributed by atoms with E-state index in [0.29, 0.717) is 5.92 Å². The van der Waals surface area contributed by atoms with E-state index in [9.17, 15) is 0 Å². The van der Waals surface area contributed by atoms with Crippen LogP contribution in [-0.4, -0.2) is 10.6 Å². The van der Waals surface area contributed by atoms with Crippen molar-refractivity contribution in [1.82, 2.24) is 4.57 Å². The van der Waals surface area contributed by atoms with E-state index in [1.807, 2.05) is 0 Å². The fourth-order valence-electron chi connectivity index (χ4n) is 13.0. The van der Waals surface area contributed by atoms with Crippen LogP contribution in [0.2, 0.25) is 0 Å². The minimum atomic E-state index is -0.184. The van der Waals surface area contributed by atoms with Gasteiger partial charge in [-0.05, 0) is 172 Å². The molecule has 0 saturated heterocycles. The summed E-state index contributed by atoms with van der Waals surface area (Å²) in [6.45, 7) is 37.6. The van der Waals surface area contributed by atoms with Gasteiger partial charge < -0.3 is 9.47 Å². The number of anilines is 2. The Kier molecular flexibility index (Phi) is 9.79. The van der Waals surface area contributed by atoms with Crippen LogP contribution in [0.1, 0.15) is 161 Å². The monoisotopic (exact) mass is 943 g/mol. The third-order valence-corrected chi connectivity index (χ3v) is 17.6. The molecule has 2 heteroatoms. The van der Waals surface area contributed by atoms with Crippen molar-refractivity contribution in [2.24, 2.45) is 5.41 Å². The van der Waals surface area contributed by atoms with Gasteiger partial charge in [0.2, 0.25) is 0 Å². The highest BCUT2D eigenvalue weighted by Gasteiger charge is 2.43. The van der Waals surface area contributed by atoms with E-state index in [-0.39, 0.29) is 38.5 Å². The Balaban J connectivity index is 0.889. The average Bonchev–Trinajstić information content (AvgIpc) is 3.97. The first kappa shape index (κ1) is 46.7. The van der Waals surface area contributed by atoms with Crippen molar-refractivity contribution in [1.29, 1.82) is 0 Å². The SMILES string of the molecule is CC(C)(C)C1=CC2c3cc(C(C)(C)C)ccc3N(c3ccc4c(c3)C(C)(C)c3cc(-c5ccc6c(c5)C(C)(C)c5cc(-n7c8ccc(C(C)(C)C)cc8c8cc(C(C)(C)C)ccc87)ccc5-6)ccc3-4)C2C=C1. The number of hydrogen-bond acceptors (Lipinski definition) is 1. The van der Waals surface area contributed by atoms with Crippen molar-refractivity contribution >= 4 is 33.2 Å². The van der Waals surface area contributed by atoms with Crippen LogP contribution in [0.5, 0.6) is 0 Å². The topological polar surface area (TPSA) is 8.17 Å². The smallest absolute Gasteiger partial charge is 0.0629 e. The first-order chi connectivity index (χ1) is 33.7. The Hall–Kier alpha value is -6.38. The maximum atomic E-state index is 2.63. The average molecular weight is 943 g/mol. The first-order valence-corrected chi connectivity index (χ1v) is 26.7. The minimum absolute atomic E-state index is 0.0585. The number of rotatable bonds is 3. The number of fused-ring (bicyclic) bond motifs is 12. The molecule has 7 aromatic carbocycles. The van der Waals surface area contributed by atoms with Gasteiger partial charge in [-0.25, -0.2) is 0 Å². The van der Waals surface area contributed by atoms with Gasteiger partial charge in [-0.1, -0.05) is 190 Å². The maximum Gasteiger partial charge on any atom is 0.0629 e. The molecule has 1 aliphatic heterocycles. The number of nitrogens with zero attached hydrogens (tertiary/aromatic N) is 2. The van der Waals surface area contributed by atoms with Gasteiger partial charge >= 0.3 is 0 Å². The molecule has 12 rings (SSSR count). The van der Waals surface area contributed by atoms with Crippen LogP contribution >= 0.6 is 0 Å². The molecule has 0 spiro atoms. The van der Waals surface area contributed by atoms with E-state index in [2.05, 4.69) is 266 Å². The van der Waals surface area contributed by atoms with Gasteiger partial charge in [-0.15, -0.1) is 0 Å². The van der Waals surface area contributed by atoms with E-state index in [1.54, 1.807) is 0 Å². The van der Waals surface area contributed by atoms with Gasteiger partial charge in [0.1, 0.15) is 0 Å². The lowest BCUT2D eigenvalue weighted by molar-refractivity contribution is 0.507. The zero-order valence-corrected chi connectivity index (χ0v) is 45.9. The molecule has 72 heavy (non-hydrogen) atoms. The van der Waals surface area contributed by atoms with Gasteiger partial charge in [-0.3, -0.25) is 0 Å². The molecule has 0 fully saturated rings. The summed E-state index contributed by atoms with van der Waals surface area (Å²) in [6.07, 6.45) is 7.44. The van der Waals surface area contributed by atoms with Crippen LogP contribution in [0.15, 0.2) is 151 Å². The van der Waals surface area contributed by atoms with Crippen LogP contribution in [-0.2, 0) is 27.1 Å². The highest BCUT2D eigenvalue weighted by Crippen LogP contribution is 2.56. The second-order valence-electron chi connectivity index (χ2n) is 27.2. The quantitative estimate of drug-likeness (QED) is 0.171. The summed E-state index contributed by atoms with van der Waals surface area (Å²) in [6, 6.07) is 50.9. The summed E-state index contributed by atoms with van der Waals surface area (Å²) in [5, 5.41) is 2.65. The molecule has 2 atom stereocenters. The largest absolute Gasteiger partial charge is 0.333 e. The molecule has 364 valence electrons. The summed E-state index contributed by atoms with van der Waals surface area (Å²) < 4.78 is 2.51. The van der Waals surface area contributed by atoms with Crippen LogP contribution in [0.25, 0.3) is 60.9 Å². The van der Waals surface area contributed by atoms with E-state index in [1.165, 1.54) is 122 Å². The molecule has 2 heterocycles. The zero-order chi connectivity index (χ0) is 51.0. The van der Waals surface area contributed by atoms with E-state index in [0.717, 1.165) is 0 Å². The summed E-state index contributed by atoms with van der Waals surface area (Å²) in [7, 11) is 0. The Morgan fingerprint density at radius 1 is 0.417 bits per heavy atom. The number of aromatic nitrogens is 1. The molecular formula is C70H74N2. The Labute approximate surface area is 430 Å². The zero-order valence-electron chi connectivity index (χ0n) is 45.9. The van der Waals surface area contributed by atoms with Crippen molar-refractivity contribution in [3.63, 3.8) is 0 Å². The first-order valence-electron chi connectivity index (χ1n) is 26.7. The van der Waals surface area contributed by atoms with E-state index < -0.39 is 0 Å². The standard InChI is InChI=1S/C70H74N2/c1-65(2,3)43-19-29-61-53(35-43)54-36-44(66(4,5)6)20-30-62(54)71(61)47-23-27-51-49-25-17-41(33-57(49)69(13,14)59(51)39-47)42-18-26-50-52-28-24-48(40-60(52)70(15,16)58(50)34-42)72-63-31-21-45(67(7,8)9)37-55(63)56-38-46(68(10,11)12)22-32-64(56)72/h17-40,53,61H,1-16H3. The molecule has 0 radical (unpaired) electrons. The number of allylic oxidation sites excluding steroid dienone is 2. The molecule has 1 aromatic heterocycles. The molecule has 4 aliphatic rings. The van der Waals surface area contributed by atoms with Gasteiger partial charge in [0.25, 0.3) is 0 Å². The van der Waals surface area contributed by atoms with Crippen LogP contribution < -0.4 is 4.90 Å².